The van der Waals surface area contributed by atoms with E-state index in [0.717, 1.165) is 40.2 Å². The molecule has 0 bridgehead atoms. The highest BCUT2D eigenvalue weighted by Gasteiger charge is 2.22. The van der Waals surface area contributed by atoms with E-state index in [1.54, 1.807) is 0 Å². The third kappa shape index (κ3) is 4.11. The third-order valence-electron chi connectivity index (χ3n) is 3.51. The Morgan fingerprint density at radius 3 is 2.53 bits per heavy atom. The number of hydrogen-bond acceptors (Lipinski definition) is 4. The van der Waals surface area contributed by atoms with Crippen molar-refractivity contribution in [3.8, 4) is 0 Å². The summed E-state index contributed by atoms with van der Waals surface area (Å²) in [7, 11) is 0. The number of aliphatic hydroxyl groups is 1. The molecular formula is C13H18Br2N2OS. The summed E-state index contributed by atoms with van der Waals surface area (Å²) < 4.78 is 1.85. The minimum atomic E-state index is -0.137. The van der Waals surface area contributed by atoms with Gasteiger partial charge in [0, 0.05) is 20.6 Å². The van der Waals surface area contributed by atoms with Gasteiger partial charge in [0.1, 0.15) is 0 Å². The average Bonchev–Trinajstić information content (AvgIpc) is 2.36. The Morgan fingerprint density at radius 1 is 1.26 bits per heavy atom. The van der Waals surface area contributed by atoms with E-state index in [0.29, 0.717) is 11.7 Å². The maximum atomic E-state index is 9.52. The molecule has 1 saturated carbocycles. The second-order valence-electron chi connectivity index (χ2n) is 4.97. The number of halogens is 2. The van der Waals surface area contributed by atoms with E-state index in [-0.39, 0.29) is 11.5 Å². The van der Waals surface area contributed by atoms with Gasteiger partial charge in [-0.15, -0.1) is 0 Å². The van der Waals surface area contributed by atoms with Crippen LogP contribution in [0.25, 0.3) is 0 Å². The van der Waals surface area contributed by atoms with Gasteiger partial charge < -0.3 is 10.8 Å². The molecule has 106 valence electrons. The van der Waals surface area contributed by atoms with Crippen molar-refractivity contribution in [3.63, 3.8) is 0 Å². The lowest BCUT2D eigenvalue weighted by molar-refractivity contribution is 0.116. The molecule has 1 fully saturated rings. The van der Waals surface area contributed by atoms with E-state index >= 15 is 0 Å². The first-order valence-electron chi connectivity index (χ1n) is 6.34. The molecule has 0 heterocycles. The molecule has 1 unspecified atom stereocenters. The van der Waals surface area contributed by atoms with Crippen LogP contribution in [0.5, 0.6) is 0 Å². The largest absolute Gasteiger partial charge is 0.398 e. The summed E-state index contributed by atoms with van der Waals surface area (Å²) in [6.45, 7) is 0. The average molecular weight is 410 g/mol. The molecule has 0 aliphatic heterocycles. The van der Waals surface area contributed by atoms with Gasteiger partial charge in [0.25, 0.3) is 0 Å². The normalized spacial score (nSPS) is 25.3. The minimum absolute atomic E-state index is 0.103. The molecule has 1 aliphatic carbocycles. The number of nitrogens with two attached hydrogens (primary N) is 1. The van der Waals surface area contributed by atoms with Crippen LogP contribution in [0.1, 0.15) is 36.6 Å². The third-order valence-corrected chi connectivity index (χ3v) is 5.05. The lowest BCUT2D eigenvalue weighted by Crippen LogP contribution is -2.35. The summed E-state index contributed by atoms with van der Waals surface area (Å²) in [5, 5.41) is 12.9. The Balaban J connectivity index is 2.05. The summed E-state index contributed by atoms with van der Waals surface area (Å²) in [4.78, 5) is 0. The molecule has 1 aromatic carbocycles. The van der Waals surface area contributed by atoms with E-state index in [1.165, 1.54) is 0 Å². The van der Waals surface area contributed by atoms with E-state index < -0.39 is 0 Å². The van der Waals surface area contributed by atoms with E-state index in [4.69, 9.17) is 5.73 Å². The first-order valence-corrected chi connectivity index (χ1v) is 8.44. The number of nitrogens with one attached hydrogen (secondary N) is 1. The van der Waals surface area contributed by atoms with Crippen molar-refractivity contribution in [2.75, 3.05) is 5.73 Å². The minimum Gasteiger partial charge on any atom is -0.398 e. The predicted molar refractivity (Wildman–Crippen MR) is 89.4 cm³/mol. The van der Waals surface area contributed by atoms with Gasteiger partial charge in [-0.2, -0.15) is 12.6 Å². The van der Waals surface area contributed by atoms with E-state index in [9.17, 15) is 5.11 Å². The first kappa shape index (κ1) is 15.6. The molecule has 0 aromatic heterocycles. The molecule has 1 atom stereocenters. The van der Waals surface area contributed by atoms with Crippen LogP contribution >= 0.6 is 44.5 Å². The van der Waals surface area contributed by atoms with Gasteiger partial charge in [-0.05, 0) is 53.7 Å². The topological polar surface area (TPSA) is 58.3 Å². The van der Waals surface area contributed by atoms with Crippen LogP contribution in [0.2, 0.25) is 0 Å². The number of thiol groups is 1. The van der Waals surface area contributed by atoms with Crippen LogP contribution < -0.4 is 11.1 Å². The number of anilines is 1. The monoisotopic (exact) mass is 408 g/mol. The maximum absolute atomic E-state index is 9.52. The zero-order chi connectivity index (χ0) is 14.0. The highest BCUT2D eigenvalue weighted by molar-refractivity contribution is 9.11. The summed E-state index contributed by atoms with van der Waals surface area (Å²) >= 11 is 11.5. The summed E-state index contributed by atoms with van der Waals surface area (Å²) in [5.74, 6) is 0. The quantitative estimate of drug-likeness (QED) is 0.350. The van der Waals surface area contributed by atoms with Gasteiger partial charge in [-0.1, -0.05) is 15.9 Å². The molecule has 1 aliphatic rings. The molecule has 19 heavy (non-hydrogen) atoms. The summed E-state index contributed by atoms with van der Waals surface area (Å²) in [6, 6.07) is 4.31. The molecule has 0 radical (unpaired) electrons. The fourth-order valence-corrected chi connectivity index (χ4v) is 4.07. The van der Waals surface area contributed by atoms with Crippen molar-refractivity contribution in [2.45, 2.75) is 43.2 Å². The molecule has 2 rings (SSSR count). The van der Waals surface area contributed by atoms with Crippen LogP contribution in [-0.2, 0) is 0 Å². The van der Waals surface area contributed by atoms with Gasteiger partial charge in [0.2, 0.25) is 0 Å². The van der Waals surface area contributed by atoms with Gasteiger partial charge in [0.05, 0.1) is 17.2 Å². The molecule has 1 aromatic rings. The van der Waals surface area contributed by atoms with Crippen LogP contribution in [0.4, 0.5) is 5.69 Å². The molecule has 0 amide bonds. The Labute approximate surface area is 136 Å². The van der Waals surface area contributed by atoms with Crippen LogP contribution in [0, 0.1) is 0 Å². The first-order chi connectivity index (χ1) is 8.97. The SMILES string of the molecule is Nc1c(Br)cc(Br)cc1C(S)NC1CCC(O)CC1. The van der Waals surface area contributed by atoms with Gasteiger partial charge in [0.15, 0.2) is 0 Å². The fraction of sp³-hybridized carbons (Fsp3) is 0.538. The lowest BCUT2D eigenvalue weighted by Gasteiger charge is -2.29. The van der Waals surface area contributed by atoms with Crippen molar-refractivity contribution in [1.82, 2.24) is 5.32 Å². The number of nitrogen functional groups attached to an aromatic ring is 1. The lowest BCUT2D eigenvalue weighted by atomic mass is 9.93. The van der Waals surface area contributed by atoms with Crippen molar-refractivity contribution < 1.29 is 5.11 Å². The number of benzene rings is 1. The summed E-state index contributed by atoms with van der Waals surface area (Å²) in [6.07, 6.45) is 3.54. The highest BCUT2D eigenvalue weighted by Crippen LogP contribution is 2.34. The van der Waals surface area contributed by atoms with Crippen LogP contribution in [0.3, 0.4) is 0 Å². The zero-order valence-corrected chi connectivity index (χ0v) is 14.5. The van der Waals surface area contributed by atoms with Gasteiger partial charge in [-0.3, -0.25) is 5.32 Å². The van der Waals surface area contributed by atoms with Crippen LogP contribution in [0.15, 0.2) is 21.1 Å². The molecule has 4 N–H and O–H groups in total. The van der Waals surface area contributed by atoms with Crippen molar-refractivity contribution in [3.05, 3.63) is 26.6 Å². The second kappa shape index (κ2) is 6.80. The second-order valence-corrected chi connectivity index (χ2v) is 7.25. The standard InChI is InChI=1S/C13H18Br2N2OS/c14-7-5-10(12(16)11(15)6-7)13(19)17-8-1-3-9(18)4-2-8/h5-6,8-9,13,17-19H,1-4,16H2. The van der Waals surface area contributed by atoms with Gasteiger partial charge in [-0.25, -0.2) is 0 Å². The van der Waals surface area contributed by atoms with Crippen molar-refractivity contribution in [1.29, 1.82) is 0 Å². The zero-order valence-electron chi connectivity index (χ0n) is 10.4. The maximum Gasteiger partial charge on any atom is 0.0782 e. The smallest absolute Gasteiger partial charge is 0.0782 e. The Kier molecular flexibility index (Phi) is 5.60. The molecule has 6 heteroatoms. The summed E-state index contributed by atoms with van der Waals surface area (Å²) in [5.41, 5.74) is 7.77. The van der Waals surface area contributed by atoms with Gasteiger partial charge >= 0.3 is 0 Å². The number of hydrogen-bond donors (Lipinski definition) is 4. The Hall–Kier alpha value is 0.250. The van der Waals surface area contributed by atoms with E-state index in [1.807, 2.05) is 12.1 Å². The molecule has 0 saturated heterocycles. The van der Waals surface area contributed by atoms with Crippen LogP contribution in [-0.4, -0.2) is 17.3 Å². The number of rotatable bonds is 3. The molecule has 0 spiro atoms. The van der Waals surface area contributed by atoms with Crippen molar-refractivity contribution in [2.24, 2.45) is 0 Å². The highest BCUT2D eigenvalue weighted by atomic mass is 79.9. The number of aliphatic hydroxyl groups excluding tert-OH is 1. The molecule has 3 nitrogen and oxygen atoms in total. The fourth-order valence-electron chi connectivity index (χ4n) is 2.39. The molecular weight excluding hydrogens is 392 g/mol. The Bertz CT molecular complexity index is 451. The van der Waals surface area contributed by atoms with E-state index in [2.05, 4.69) is 49.8 Å². The predicted octanol–water partition coefficient (Wildman–Crippen LogP) is 3.62. The van der Waals surface area contributed by atoms with Crippen molar-refractivity contribution >= 4 is 50.2 Å². The Morgan fingerprint density at radius 2 is 1.89 bits per heavy atom.